The number of non-ortho nitro benzene ring substituents is 1. The third kappa shape index (κ3) is 4.32. The fourth-order valence-electron chi connectivity index (χ4n) is 3.89. The first kappa shape index (κ1) is 21.8. The highest BCUT2D eigenvalue weighted by molar-refractivity contribution is 6.32. The van der Waals surface area contributed by atoms with E-state index in [4.69, 9.17) is 4.74 Å². The van der Waals surface area contributed by atoms with E-state index in [1.54, 1.807) is 48.5 Å². The molecule has 0 aliphatic carbocycles. The number of para-hydroxylation sites is 1. The minimum atomic E-state index is -0.506. The zero-order valence-electron chi connectivity index (χ0n) is 18.4. The van der Waals surface area contributed by atoms with Gasteiger partial charge in [0.05, 0.1) is 10.6 Å². The van der Waals surface area contributed by atoms with Crippen LogP contribution in [0, 0.1) is 10.1 Å². The monoisotopic (exact) mass is 465 g/mol. The summed E-state index contributed by atoms with van der Waals surface area (Å²) in [6.07, 6.45) is 1.55. The summed E-state index contributed by atoms with van der Waals surface area (Å²) in [4.78, 5) is 36.3. The summed E-state index contributed by atoms with van der Waals surface area (Å²) in [6, 6.07) is 26.2. The highest BCUT2D eigenvalue weighted by atomic mass is 16.6. The van der Waals surface area contributed by atoms with Gasteiger partial charge in [0.1, 0.15) is 17.9 Å². The van der Waals surface area contributed by atoms with E-state index in [1.165, 1.54) is 17.1 Å². The van der Waals surface area contributed by atoms with Crippen molar-refractivity contribution in [3.8, 4) is 5.75 Å². The number of benzene rings is 4. The number of ether oxygens (including phenoxy) is 1. The second-order valence-corrected chi connectivity index (χ2v) is 7.89. The van der Waals surface area contributed by atoms with Crippen LogP contribution in [0.5, 0.6) is 5.75 Å². The van der Waals surface area contributed by atoms with Crippen molar-refractivity contribution in [2.75, 3.05) is 5.01 Å². The van der Waals surface area contributed by atoms with Gasteiger partial charge < -0.3 is 4.74 Å². The largest absolute Gasteiger partial charge is 0.488 e. The number of nitro groups is 1. The molecule has 0 saturated carbocycles. The Morgan fingerprint density at radius 3 is 2.34 bits per heavy atom. The summed E-state index contributed by atoms with van der Waals surface area (Å²) < 4.78 is 6.05. The van der Waals surface area contributed by atoms with Crippen molar-refractivity contribution < 1.29 is 19.2 Å². The second-order valence-electron chi connectivity index (χ2n) is 7.89. The third-order valence-corrected chi connectivity index (χ3v) is 5.67. The fraction of sp³-hybridized carbons (Fsp3) is 0.0370. The molecule has 8 heteroatoms. The summed E-state index contributed by atoms with van der Waals surface area (Å²) in [7, 11) is 0. The lowest BCUT2D eigenvalue weighted by Gasteiger charge is -2.14. The van der Waals surface area contributed by atoms with Gasteiger partial charge in [0.25, 0.3) is 17.5 Å². The smallest absolute Gasteiger partial charge is 0.282 e. The van der Waals surface area contributed by atoms with Gasteiger partial charge in [-0.3, -0.25) is 25.1 Å². The van der Waals surface area contributed by atoms with E-state index in [0.29, 0.717) is 17.0 Å². The molecule has 4 aromatic carbocycles. The van der Waals surface area contributed by atoms with E-state index in [9.17, 15) is 19.7 Å². The first-order valence-electron chi connectivity index (χ1n) is 10.8. The summed E-state index contributed by atoms with van der Waals surface area (Å²) >= 11 is 0. The van der Waals surface area contributed by atoms with Crippen LogP contribution in [0.3, 0.4) is 0 Å². The quantitative estimate of drug-likeness (QED) is 0.191. The Labute approximate surface area is 200 Å². The van der Waals surface area contributed by atoms with Gasteiger partial charge in [0.15, 0.2) is 0 Å². The molecule has 0 spiro atoms. The highest BCUT2D eigenvalue weighted by Gasteiger charge is 2.34. The van der Waals surface area contributed by atoms with E-state index in [2.05, 4.69) is 5.43 Å². The van der Waals surface area contributed by atoms with Crippen LogP contribution in [0.1, 0.15) is 11.1 Å². The molecular formula is C27H19N3O5. The van der Waals surface area contributed by atoms with E-state index >= 15 is 0 Å². The van der Waals surface area contributed by atoms with Crippen LogP contribution in [0.15, 0.2) is 96.6 Å². The maximum Gasteiger partial charge on any atom is 0.282 e. The number of rotatable bonds is 6. The van der Waals surface area contributed by atoms with E-state index < -0.39 is 16.7 Å². The van der Waals surface area contributed by atoms with Crippen molar-refractivity contribution >= 4 is 40.0 Å². The molecule has 0 atom stereocenters. The number of nitrogens with one attached hydrogen (secondary N) is 1. The maximum atomic E-state index is 13.1. The van der Waals surface area contributed by atoms with Gasteiger partial charge in [0, 0.05) is 17.7 Å². The maximum absolute atomic E-state index is 13.1. The number of nitro benzene ring substituents is 1. The van der Waals surface area contributed by atoms with Crippen molar-refractivity contribution in [3.05, 3.63) is 118 Å². The Kier molecular flexibility index (Phi) is 5.68. The molecule has 0 bridgehead atoms. The average Bonchev–Trinajstić information content (AvgIpc) is 3.17. The Morgan fingerprint density at radius 2 is 1.60 bits per heavy atom. The van der Waals surface area contributed by atoms with Crippen molar-refractivity contribution in [1.29, 1.82) is 0 Å². The fourth-order valence-corrected chi connectivity index (χ4v) is 3.89. The Morgan fingerprint density at radius 1 is 0.886 bits per heavy atom. The van der Waals surface area contributed by atoms with Gasteiger partial charge in [-0.15, -0.1) is 0 Å². The molecule has 0 radical (unpaired) electrons. The van der Waals surface area contributed by atoms with Gasteiger partial charge in [-0.05, 0) is 52.7 Å². The summed E-state index contributed by atoms with van der Waals surface area (Å²) in [6.45, 7) is 0.156. The summed E-state index contributed by atoms with van der Waals surface area (Å²) in [5.74, 6) is -0.489. The molecular weight excluding hydrogens is 446 g/mol. The molecule has 0 unspecified atom stereocenters. The Balaban J connectivity index is 1.50. The number of hydrogen-bond acceptors (Lipinski definition) is 5. The minimum Gasteiger partial charge on any atom is -0.488 e. The number of fused-ring (bicyclic) bond motifs is 1. The molecule has 1 N–H and O–H groups in total. The molecule has 1 saturated heterocycles. The summed E-state index contributed by atoms with van der Waals surface area (Å²) in [5, 5.41) is 13.9. The first-order chi connectivity index (χ1) is 17.0. The van der Waals surface area contributed by atoms with Crippen molar-refractivity contribution in [2.45, 2.75) is 6.61 Å². The van der Waals surface area contributed by atoms with E-state index in [1.807, 2.05) is 36.4 Å². The number of carbonyl (C=O) groups is 2. The van der Waals surface area contributed by atoms with Crippen LogP contribution in [-0.2, 0) is 16.2 Å². The van der Waals surface area contributed by atoms with Gasteiger partial charge in [-0.25, -0.2) is 5.01 Å². The van der Waals surface area contributed by atoms with E-state index in [0.717, 1.165) is 16.3 Å². The second kappa shape index (κ2) is 9.11. The Bertz CT molecular complexity index is 1480. The predicted octanol–water partition coefficient (Wildman–Crippen LogP) is 4.79. The molecule has 5 rings (SSSR count). The van der Waals surface area contributed by atoms with Gasteiger partial charge in [0.2, 0.25) is 0 Å². The zero-order valence-corrected chi connectivity index (χ0v) is 18.4. The number of nitrogens with zero attached hydrogens (tertiary/aromatic N) is 2. The number of hydrazine groups is 1. The van der Waals surface area contributed by atoms with Crippen LogP contribution < -0.4 is 15.2 Å². The molecule has 8 nitrogen and oxygen atoms in total. The number of amides is 2. The summed E-state index contributed by atoms with van der Waals surface area (Å²) in [5.41, 5.74) is 4.50. The molecule has 0 aromatic heterocycles. The molecule has 4 aromatic rings. The molecule has 2 amide bonds. The molecule has 1 aliphatic rings. The normalized spacial score (nSPS) is 14.4. The topological polar surface area (TPSA) is 102 Å². The molecule has 1 heterocycles. The Hall–Kier alpha value is -4.98. The lowest BCUT2D eigenvalue weighted by atomic mass is 10.0. The molecule has 1 fully saturated rings. The van der Waals surface area contributed by atoms with Crippen molar-refractivity contribution in [1.82, 2.24) is 5.43 Å². The highest BCUT2D eigenvalue weighted by Crippen LogP contribution is 2.32. The van der Waals surface area contributed by atoms with Crippen molar-refractivity contribution in [2.24, 2.45) is 0 Å². The number of anilines is 1. The van der Waals surface area contributed by atoms with Crippen LogP contribution in [0.4, 0.5) is 11.4 Å². The van der Waals surface area contributed by atoms with Gasteiger partial charge >= 0.3 is 0 Å². The zero-order chi connectivity index (χ0) is 24.4. The van der Waals surface area contributed by atoms with Crippen molar-refractivity contribution in [3.63, 3.8) is 0 Å². The van der Waals surface area contributed by atoms with Gasteiger partial charge in [-0.2, -0.15) is 0 Å². The lowest BCUT2D eigenvalue weighted by Crippen LogP contribution is -2.35. The predicted molar refractivity (Wildman–Crippen MR) is 131 cm³/mol. The molecule has 35 heavy (non-hydrogen) atoms. The molecule has 172 valence electrons. The molecule has 1 aliphatic heterocycles. The first-order valence-corrected chi connectivity index (χ1v) is 10.8. The average molecular weight is 465 g/mol. The van der Waals surface area contributed by atoms with Crippen LogP contribution in [0.2, 0.25) is 0 Å². The van der Waals surface area contributed by atoms with E-state index in [-0.39, 0.29) is 17.9 Å². The third-order valence-electron chi connectivity index (χ3n) is 5.67. The standard InChI is InChI=1S/C27H19N3O5/c31-26-24(27(32)29(28-26)20-7-2-1-3-8-20)16-23-22-9-5-4-6-19(22)12-15-25(23)35-17-18-10-13-21(14-11-18)30(33)34/h1-16H,17H2,(H,28,31)/b24-16-. The van der Waals surface area contributed by atoms with Crippen LogP contribution >= 0.6 is 0 Å². The lowest BCUT2D eigenvalue weighted by molar-refractivity contribution is -0.384. The number of carbonyl (C=O) groups excluding carboxylic acids is 2. The van der Waals surface area contributed by atoms with Gasteiger partial charge in [-0.1, -0.05) is 48.5 Å². The minimum absolute atomic E-state index is 0.00129. The number of hydrogen-bond donors (Lipinski definition) is 1. The SMILES string of the molecule is O=C1NN(c2ccccc2)C(=O)/C1=C\c1c(OCc2ccc([N+](=O)[O-])cc2)ccc2ccccc12. The van der Waals surface area contributed by atoms with Crippen LogP contribution in [-0.4, -0.2) is 16.7 Å². The van der Waals surface area contributed by atoms with Crippen LogP contribution in [0.25, 0.3) is 16.8 Å².